The van der Waals surface area contributed by atoms with Crippen molar-refractivity contribution in [3.63, 3.8) is 0 Å². The van der Waals surface area contributed by atoms with Crippen molar-refractivity contribution in [2.45, 2.75) is 25.1 Å². The Morgan fingerprint density at radius 1 is 1.07 bits per heavy atom. The number of hydrogen-bond donors (Lipinski definition) is 0. The fraction of sp³-hybridized carbons (Fsp3) is 0.421. The number of nitrogens with zero attached hydrogens (tertiary/aromatic N) is 5. The molecule has 0 bridgehead atoms. The summed E-state index contributed by atoms with van der Waals surface area (Å²) in [6.45, 7) is 3.84. The van der Waals surface area contributed by atoms with Crippen molar-refractivity contribution < 1.29 is 13.2 Å². The van der Waals surface area contributed by atoms with E-state index in [1.807, 2.05) is 0 Å². The van der Waals surface area contributed by atoms with Crippen LogP contribution in [-0.4, -0.2) is 52.1 Å². The first-order valence-corrected chi connectivity index (χ1v) is 9.10. The van der Waals surface area contributed by atoms with E-state index in [2.05, 4.69) is 19.8 Å². The van der Waals surface area contributed by atoms with E-state index < -0.39 is 11.7 Å². The molecule has 0 saturated carbocycles. The molecule has 2 aromatic heterocycles. The molecule has 27 heavy (non-hydrogen) atoms. The van der Waals surface area contributed by atoms with Crippen LogP contribution in [0.4, 0.5) is 19.0 Å². The number of rotatable bonds is 1. The minimum Gasteiger partial charge on any atom is -0.352 e. The lowest BCUT2D eigenvalue weighted by molar-refractivity contribution is -0.137. The van der Waals surface area contributed by atoms with Gasteiger partial charge in [-0.25, -0.2) is 15.0 Å². The third-order valence-corrected chi connectivity index (χ3v) is 5.65. The van der Waals surface area contributed by atoms with Crippen LogP contribution >= 0.6 is 0 Å². The Morgan fingerprint density at radius 2 is 1.96 bits per heavy atom. The molecule has 2 fully saturated rings. The van der Waals surface area contributed by atoms with Gasteiger partial charge in [-0.1, -0.05) is 0 Å². The summed E-state index contributed by atoms with van der Waals surface area (Å²) in [5, 5.41) is 1.04. The third-order valence-electron chi connectivity index (χ3n) is 5.65. The van der Waals surface area contributed by atoms with Gasteiger partial charge in [-0.15, -0.1) is 0 Å². The molecule has 2 saturated heterocycles. The average molecular weight is 373 g/mol. The molecule has 0 amide bonds. The Bertz CT molecular complexity index is 1020. The maximum atomic E-state index is 13.1. The molecule has 0 N–H and O–H groups in total. The standard InChI is InChI=1S/C19H18F3N5/c20-19(21,22)12-3-4-16-14(8-12)15-9-23-11-24-17(15)18(25-16)27-7-6-26-5-1-2-13(26)10-27/h3-4,8-9,11,13H,1-2,5-7,10H2. The van der Waals surface area contributed by atoms with E-state index >= 15 is 0 Å². The van der Waals surface area contributed by atoms with E-state index in [1.54, 1.807) is 6.20 Å². The molecule has 3 aromatic rings. The summed E-state index contributed by atoms with van der Waals surface area (Å²) in [7, 11) is 0. The van der Waals surface area contributed by atoms with Gasteiger partial charge in [-0.2, -0.15) is 13.2 Å². The highest BCUT2D eigenvalue weighted by Crippen LogP contribution is 2.36. The van der Waals surface area contributed by atoms with Crippen LogP contribution in [-0.2, 0) is 6.18 Å². The van der Waals surface area contributed by atoms with Gasteiger partial charge in [0.25, 0.3) is 0 Å². The van der Waals surface area contributed by atoms with Crippen LogP contribution in [0.3, 0.4) is 0 Å². The SMILES string of the molecule is FC(F)(F)c1ccc2nc(N3CCN4CCCC4C3)c3ncncc3c2c1. The topological polar surface area (TPSA) is 45.2 Å². The molecule has 8 heteroatoms. The summed E-state index contributed by atoms with van der Waals surface area (Å²) in [6.07, 6.45) is 1.01. The van der Waals surface area contributed by atoms with Crippen molar-refractivity contribution in [2.24, 2.45) is 0 Å². The normalized spacial score (nSPS) is 21.1. The molecule has 5 nitrogen and oxygen atoms in total. The van der Waals surface area contributed by atoms with Crippen LogP contribution in [0.2, 0.25) is 0 Å². The summed E-state index contributed by atoms with van der Waals surface area (Å²) in [5.74, 6) is 0.742. The molecule has 1 atom stereocenters. The first kappa shape index (κ1) is 16.7. The maximum absolute atomic E-state index is 13.1. The summed E-state index contributed by atoms with van der Waals surface area (Å²) in [6, 6.07) is 4.19. The van der Waals surface area contributed by atoms with E-state index in [1.165, 1.54) is 25.2 Å². The third kappa shape index (κ3) is 2.79. The van der Waals surface area contributed by atoms with Crippen molar-refractivity contribution in [1.82, 2.24) is 19.9 Å². The van der Waals surface area contributed by atoms with Gasteiger partial charge < -0.3 is 4.90 Å². The second-order valence-electron chi connectivity index (χ2n) is 7.23. The molecule has 140 valence electrons. The van der Waals surface area contributed by atoms with Crippen molar-refractivity contribution >= 4 is 27.6 Å². The van der Waals surface area contributed by atoms with Gasteiger partial charge in [-0.3, -0.25) is 4.90 Å². The van der Waals surface area contributed by atoms with E-state index in [0.29, 0.717) is 27.8 Å². The van der Waals surface area contributed by atoms with Crippen molar-refractivity contribution in [2.75, 3.05) is 31.1 Å². The highest BCUT2D eigenvalue weighted by molar-refractivity contribution is 6.08. The van der Waals surface area contributed by atoms with Gasteiger partial charge in [0, 0.05) is 42.6 Å². The second kappa shape index (κ2) is 6.02. The average Bonchev–Trinajstić information content (AvgIpc) is 3.14. The van der Waals surface area contributed by atoms with Crippen LogP contribution in [0.25, 0.3) is 21.8 Å². The number of hydrogen-bond acceptors (Lipinski definition) is 5. The fourth-order valence-electron chi connectivity index (χ4n) is 4.30. The molecular weight excluding hydrogens is 355 g/mol. The molecular formula is C19H18F3N5. The number of piperazine rings is 1. The van der Waals surface area contributed by atoms with Crippen LogP contribution in [0.15, 0.2) is 30.7 Å². The number of anilines is 1. The first-order chi connectivity index (χ1) is 13.0. The molecule has 2 aliphatic heterocycles. The Labute approximate surface area is 153 Å². The van der Waals surface area contributed by atoms with Crippen LogP contribution in [0.1, 0.15) is 18.4 Å². The highest BCUT2D eigenvalue weighted by atomic mass is 19.4. The molecule has 5 rings (SSSR count). The minimum absolute atomic E-state index is 0.434. The zero-order valence-electron chi connectivity index (χ0n) is 14.6. The van der Waals surface area contributed by atoms with Gasteiger partial charge in [0.15, 0.2) is 5.82 Å². The lowest BCUT2D eigenvalue weighted by atomic mass is 10.1. The summed E-state index contributed by atoms with van der Waals surface area (Å²) < 4.78 is 39.4. The molecule has 2 aliphatic rings. The summed E-state index contributed by atoms with van der Waals surface area (Å²) in [4.78, 5) is 17.9. The molecule has 1 aromatic carbocycles. The van der Waals surface area contributed by atoms with Gasteiger partial charge in [-0.05, 0) is 37.6 Å². The number of fused-ring (bicyclic) bond motifs is 4. The Hall–Kier alpha value is -2.48. The monoisotopic (exact) mass is 373 g/mol. The number of pyridine rings is 1. The minimum atomic E-state index is -4.40. The van der Waals surface area contributed by atoms with E-state index in [4.69, 9.17) is 4.98 Å². The lowest BCUT2D eigenvalue weighted by Gasteiger charge is -2.38. The summed E-state index contributed by atoms with van der Waals surface area (Å²) >= 11 is 0. The molecule has 4 heterocycles. The van der Waals surface area contributed by atoms with Gasteiger partial charge >= 0.3 is 6.18 Å². The van der Waals surface area contributed by atoms with Gasteiger partial charge in [0.1, 0.15) is 11.8 Å². The Kier molecular flexibility index (Phi) is 3.72. The fourth-order valence-corrected chi connectivity index (χ4v) is 4.30. The predicted octanol–water partition coefficient (Wildman–Crippen LogP) is 3.48. The second-order valence-corrected chi connectivity index (χ2v) is 7.23. The smallest absolute Gasteiger partial charge is 0.352 e. The maximum Gasteiger partial charge on any atom is 0.416 e. The van der Waals surface area contributed by atoms with E-state index in [0.717, 1.165) is 44.1 Å². The molecule has 0 spiro atoms. The lowest BCUT2D eigenvalue weighted by Crippen LogP contribution is -2.50. The molecule has 0 aliphatic carbocycles. The van der Waals surface area contributed by atoms with Crippen LogP contribution < -0.4 is 4.90 Å². The highest BCUT2D eigenvalue weighted by Gasteiger charge is 2.33. The molecule has 0 radical (unpaired) electrons. The largest absolute Gasteiger partial charge is 0.416 e. The Morgan fingerprint density at radius 3 is 2.81 bits per heavy atom. The van der Waals surface area contributed by atoms with E-state index in [9.17, 15) is 13.2 Å². The predicted molar refractivity (Wildman–Crippen MR) is 96.6 cm³/mol. The van der Waals surface area contributed by atoms with Crippen molar-refractivity contribution in [1.29, 1.82) is 0 Å². The van der Waals surface area contributed by atoms with Crippen molar-refractivity contribution in [3.05, 3.63) is 36.3 Å². The number of alkyl halides is 3. The summed E-state index contributed by atoms with van der Waals surface area (Å²) in [5.41, 5.74) is 0.465. The first-order valence-electron chi connectivity index (χ1n) is 9.10. The zero-order valence-corrected chi connectivity index (χ0v) is 14.6. The molecule has 1 unspecified atom stereocenters. The number of benzene rings is 1. The van der Waals surface area contributed by atoms with Gasteiger partial charge in [0.2, 0.25) is 0 Å². The van der Waals surface area contributed by atoms with E-state index in [-0.39, 0.29) is 0 Å². The quantitative estimate of drug-likeness (QED) is 0.611. The van der Waals surface area contributed by atoms with Gasteiger partial charge in [0.05, 0.1) is 11.1 Å². The Balaban J connectivity index is 1.66. The number of aromatic nitrogens is 3. The van der Waals surface area contributed by atoms with Crippen molar-refractivity contribution in [3.8, 4) is 0 Å². The van der Waals surface area contributed by atoms with Crippen LogP contribution in [0, 0.1) is 0 Å². The van der Waals surface area contributed by atoms with Crippen LogP contribution in [0.5, 0.6) is 0 Å². The number of halogens is 3. The zero-order chi connectivity index (χ0) is 18.6.